The molecule has 0 aliphatic heterocycles. The summed E-state index contributed by atoms with van der Waals surface area (Å²) in [6.07, 6.45) is 4.25. The number of benzene rings is 1. The highest BCUT2D eigenvalue weighted by Gasteiger charge is 2.42. The minimum Gasteiger partial charge on any atom is -0.497 e. The topological polar surface area (TPSA) is 45.0 Å². The van der Waals surface area contributed by atoms with E-state index in [1.54, 1.807) is 7.11 Å². The first-order valence-electron chi connectivity index (χ1n) is 6.14. The Bertz CT molecular complexity index is 487. The predicted octanol–water partition coefficient (Wildman–Crippen LogP) is 2.11. The number of ether oxygens (including phenoxy) is 1. The van der Waals surface area contributed by atoms with Gasteiger partial charge in [0.1, 0.15) is 11.3 Å². The van der Waals surface area contributed by atoms with Crippen molar-refractivity contribution in [2.75, 3.05) is 7.11 Å². The molecule has 2 aliphatic rings. The van der Waals surface area contributed by atoms with E-state index in [4.69, 9.17) is 4.74 Å². The molecule has 1 aromatic carbocycles. The maximum Gasteiger partial charge on any atom is 0.133 e. The van der Waals surface area contributed by atoms with E-state index >= 15 is 0 Å². The van der Waals surface area contributed by atoms with E-state index in [0.717, 1.165) is 24.2 Å². The van der Waals surface area contributed by atoms with Crippen LogP contribution in [0.2, 0.25) is 0 Å². The molecule has 0 saturated heterocycles. The van der Waals surface area contributed by atoms with Crippen LogP contribution >= 0.6 is 0 Å². The molecule has 3 nitrogen and oxygen atoms in total. The molecule has 2 aliphatic carbocycles. The van der Waals surface area contributed by atoms with Gasteiger partial charge in [-0.2, -0.15) is 5.26 Å². The molecule has 0 aromatic heterocycles. The van der Waals surface area contributed by atoms with E-state index in [1.165, 1.54) is 18.4 Å². The highest BCUT2D eigenvalue weighted by atomic mass is 16.5. The number of nitrogens with one attached hydrogen (secondary N) is 1. The molecule has 1 atom stereocenters. The second-order valence-electron chi connectivity index (χ2n) is 4.96. The van der Waals surface area contributed by atoms with Crippen LogP contribution in [-0.4, -0.2) is 13.2 Å². The second-order valence-corrected chi connectivity index (χ2v) is 4.96. The molecular weight excluding hydrogens is 212 g/mol. The van der Waals surface area contributed by atoms with Gasteiger partial charge in [-0.25, -0.2) is 0 Å². The van der Waals surface area contributed by atoms with Gasteiger partial charge in [-0.1, -0.05) is 6.07 Å². The third kappa shape index (κ3) is 1.69. The quantitative estimate of drug-likeness (QED) is 0.861. The number of methoxy groups -OCH3 is 1. The van der Waals surface area contributed by atoms with Crippen LogP contribution in [0.5, 0.6) is 5.75 Å². The average molecular weight is 228 g/mol. The molecule has 0 amide bonds. The summed E-state index contributed by atoms with van der Waals surface area (Å²) < 4.78 is 5.26. The normalized spacial score (nSPS) is 26.4. The average Bonchev–Trinajstić information content (AvgIpc) is 3.11. The maximum atomic E-state index is 9.55. The lowest BCUT2D eigenvalue weighted by atomic mass is 9.93. The Morgan fingerprint density at radius 2 is 2.29 bits per heavy atom. The zero-order valence-corrected chi connectivity index (χ0v) is 9.99. The lowest BCUT2D eigenvalue weighted by Crippen LogP contribution is -2.40. The number of rotatable bonds is 3. The number of hydrogen-bond donors (Lipinski definition) is 1. The molecule has 0 heterocycles. The van der Waals surface area contributed by atoms with Crippen molar-refractivity contribution in [3.8, 4) is 11.8 Å². The van der Waals surface area contributed by atoms with E-state index < -0.39 is 5.54 Å². The fourth-order valence-corrected chi connectivity index (χ4v) is 2.63. The number of hydrogen-bond acceptors (Lipinski definition) is 3. The van der Waals surface area contributed by atoms with Gasteiger partial charge in [0.25, 0.3) is 0 Å². The third-order valence-corrected chi connectivity index (χ3v) is 3.76. The molecule has 17 heavy (non-hydrogen) atoms. The van der Waals surface area contributed by atoms with Gasteiger partial charge in [-0.3, -0.25) is 5.32 Å². The summed E-state index contributed by atoms with van der Waals surface area (Å²) in [5, 5.41) is 13.1. The van der Waals surface area contributed by atoms with E-state index in [2.05, 4.69) is 17.5 Å². The smallest absolute Gasteiger partial charge is 0.133 e. The molecule has 1 fully saturated rings. The Labute approximate surface area is 101 Å². The lowest BCUT2D eigenvalue weighted by Gasteiger charge is -2.24. The van der Waals surface area contributed by atoms with Gasteiger partial charge in [-0.15, -0.1) is 0 Å². The minimum atomic E-state index is -0.481. The standard InChI is InChI=1S/C14H16N2O/c1-17-12-5-2-10-6-7-14(9-15,13(10)8-12)16-11-3-4-11/h2,5,8,11,16H,3-4,6-7H2,1H3. The largest absolute Gasteiger partial charge is 0.497 e. The van der Waals surface area contributed by atoms with Crippen molar-refractivity contribution >= 4 is 0 Å². The second kappa shape index (κ2) is 3.75. The summed E-state index contributed by atoms with van der Waals surface area (Å²) in [5.74, 6) is 0.836. The molecule has 0 radical (unpaired) electrons. The monoisotopic (exact) mass is 228 g/mol. The van der Waals surface area contributed by atoms with Gasteiger partial charge in [0.05, 0.1) is 13.2 Å². The summed E-state index contributed by atoms with van der Waals surface area (Å²) in [4.78, 5) is 0. The van der Waals surface area contributed by atoms with E-state index in [-0.39, 0.29) is 0 Å². The molecule has 1 unspecified atom stereocenters. The highest BCUT2D eigenvalue weighted by molar-refractivity contribution is 5.47. The van der Waals surface area contributed by atoms with Crippen LogP contribution < -0.4 is 10.1 Å². The zero-order chi connectivity index (χ0) is 11.9. The van der Waals surface area contributed by atoms with Crippen molar-refractivity contribution < 1.29 is 4.74 Å². The van der Waals surface area contributed by atoms with Crippen LogP contribution in [0.25, 0.3) is 0 Å². The molecule has 0 bridgehead atoms. The Morgan fingerprint density at radius 3 is 2.94 bits per heavy atom. The third-order valence-electron chi connectivity index (χ3n) is 3.76. The molecule has 1 saturated carbocycles. The fraction of sp³-hybridized carbons (Fsp3) is 0.500. The van der Waals surface area contributed by atoms with E-state index in [0.29, 0.717) is 6.04 Å². The fourth-order valence-electron chi connectivity index (χ4n) is 2.63. The van der Waals surface area contributed by atoms with Crippen molar-refractivity contribution in [2.45, 2.75) is 37.3 Å². The Hall–Kier alpha value is -1.53. The van der Waals surface area contributed by atoms with Gasteiger partial charge in [0.2, 0.25) is 0 Å². The molecular formula is C14H16N2O. The molecule has 1 N–H and O–H groups in total. The Morgan fingerprint density at radius 1 is 1.47 bits per heavy atom. The van der Waals surface area contributed by atoms with E-state index in [1.807, 2.05) is 12.1 Å². The van der Waals surface area contributed by atoms with Gasteiger partial charge in [0.15, 0.2) is 0 Å². The number of nitrogens with zero attached hydrogens (tertiary/aromatic N) is 1. The van der Waals surface area contributed by atoms with Crippen molar-refractivity contribution in [3.63, 3.8) is 0 Å². The van der Waals surface area contributed by atoms with Gasteiger partial charge in [0, 0.05) is 6.04 Å². The SMILES string of the molecule is COc1ccc2c(c1)C(C#N)(NC1CC1)CC2. The van der Waals surface area contributed by atoms with Crippen LogP contribution in [0.4, 0.5) is 0 Å². The minimum absolute atomic E-state index is 0.481. The van der Waals surface area contributed by atoms with Crippen molar-refractivity contribution in [2.24, 2.45) is 0 Å². The first kappa shape index (κ1) is 10.6. The highest BCUT2D eigenvalue weighted by Crippen LogP contribution is 2.40. The van der Waals surface area contributed by atoms with Crippen LogP contribution in [0.15, 0.2) is 18.2 Å². The van der Waals surface area contributed by atoms with Crippen LogP contribution in [0.3, 0.4) is 0 Å². The summed E-state index contributed by atoms with van der Waals surface area (Å²) in [5.41, 5.74) is 1.91. The van der Waals surface area contributed by atoms with Crippen molar-refractivity contribution in [1.29, 1.82) is 5.26 Å². The number of fused-ring (bicyclic) bond motifs is 1. The first-order chi connectivity index (χ1) is 8.27. The number of aryl methyl sites for hydroxylation is 1. The van der Waals surface area contributed by atoms with Crippen LogP contribution in [0, 0.1) is 11.3 Å². The summed E-state index contributed by atoms with van der Waals surface area (Å²) >= 11 is 0. The van der Waals surface area contributed by atoms with Gasteiger partial charge < -0.3 is 4.74 Å². The molecule has 0 spiro atoms. The molecule has 3 heteroatoms. The van der Waals surface area contributed by atoms with Gasteiger partial charge in [-0.05, 0) is 48.9 Å². The summed E-state index contributed by atoms with van der Waals surface area (Å²) in [6, 6.07) is 9.10. The number of nitriles is 1. The summed E-state index contributed by atoms with van der Waals surface area (Å²) in [6.45, 7) is 0. The van der Waals surface area contributed by atoms with Crippen LogP contribution in [-0.2, 0) is 12.0 Å². The lowest BCUT2D eigenvalue weighted by molar-refractivity contribution is 0.404. The van der Waals surface area contributed by atoms with Crippen molar-refractivity contribution in [1.82, 2.24) is 5.32 Å². The molecule has 1 aromatic rings. The van der Waals surface area contributed by atoms with Gasteiger partial charge >= 0.3 is 0 Å². The van der Waals surface area contributed by atoms with E-state index in [9.17, 15) is 5.26 Å². The molecule has 3 rings (SSSR count). The Balaban J connectivity index is 2.01. The molecule has 88 valence electrons. The first-order valence-corrected chi connectivity index (χ1v) is 6.14. The summed E-state index contributed by atoms with van der Waals surface area (Å²) in [7, 11) is 1.67. The zero-order valence-electron chi connectivity index (χ0n) is 9.99. The predicted molar refractivity (Wildman–Crippen MR) is 64.8 cm³/mol. The Kier molecular flexibility index (Phi) is 2.34. The van der Waals surface area contributed by atoms with Crippen molar-refractivity contribution in [3.05, 3.63) is 29.3 Å². The van der Waals surface area contributed by atoms with Crippen LogP contribution in [0.1, 0.15) is 30.4 Å². The maximum absolute atomic E-state index is 9.55.